The number of hydrogen-bond acceptors (Lipinski definition) is 5. The maximum Gasteiger partial charge on any atom is 0.282 e. The molecular weight excluding hydrogens is 386 g/mol. The highest BCUT2D eigenvalue weighted by molar-refractivity contribution is 7.98. The van der Waals surface area contributed by atoms with Crippen molar-refractivity contribution in [2.75, 3.05) is 23.4 Å². The summed E-state index contributed by atoms with van der Waals surface area (Å²) in [6.45, 7) is 0.795. The van der Waals surface area contributed by atoms with Crippen LogP contribution in [0.4, 0.5) is 17.1 Å². The van der Waals surface area contributed by atoms with Gasteiger partial charge in [-0.2, -0.15) is 0 Å². The van der Waals surface area contributed by atoms with E-state index in [4.69, 9.17) is 0 Å². The quantitative estimate of drug-likeness (QED) is 0.304. The minimum Gasteiger partial charge on any atom is -0.385 e. The maximum atomic E-state index is 12.6. The molecule has 148 valence electrons. The third-order valence-corrected chi connectivity index (χ3v) is 5.10. The molecule has 3 rings (SSSR count). The van der Waals surface area contributed by atoms with Crippen LogP contribution in [0, 0.1) is 10.1 Å². The molecule has 0 heterocycles. The normalized spacial score (nSPS) is 10.4. The lowest BCUT2D eigenvalue weighted by Crippen LogP contribution is -2.14. The first-order valence-corrected chi connectivity index (χ1v) is 10.3. The average Bonchev–Trinajstić information content (AvgIpc) is 2.75. The Balaban J connectivity index is 1.62. The number of hydrogen-bond donors (Lipinski definition) is 2. The van der Waals surface area contributed by atoms with Crippen LogP contribution in [0.2, 0.25) is 0 Å². The molecular formula is C22H21N3O3S. The summed E-state index contributed by atoms with van der Waals surface area (Å²) in [5.74, 6) is -0.502. The molecule has 0 radical (unpaired) electrons. The third kappa shape index (κ3) is 5.58. The number of nitro benzene ring substituents is 1. The van der Waals surface area contributed by atoms with Crippen LogP contribution in [0.3, 0.4) is 0 Å². The second-order valence-electron chi connectivity index (χ2n) is 6.33. The fourth-order valence-electron chi connectivity index (χ4n) is 2.85. The summed E-state index contributed by atoms with van der Waals surface area (Å²) in [6, 6.07) is 22.0. The Hall–Kier alpha value is -3.32. The van der Waals surface area contributed by atoms with Gasteiger partial charge in [0.05, 0.1) is 4.92 Å². The van der Waals surface area contributed by atoms with Gasteiger partial charge in [0.25, 0.3) is 11.6 Å². The van der Waals surface area contributed by atoms with Gasteiger partial charge in [-0.3, -0.25) is 14.9 Å². The van der Waals surface area contributed by atoms with E-state index in [9.17, 15) is 14.9 Å². The molecule has 0 aliphatic heterocycles. The van der Waals surface area contributed by atoms with Gasteiger partial charge in [0.2, 0.25) is 0 Å². The molecule has 2 N–H and O–H groups in total. The van der Waals surface area contributed by atoms with Crippen LogP contribution in [0.1, 0.15) is 15.9 Å². The predicted molar refractivity (Wildman–Crippen MR) is 118 cm³/mol. The number of nitro groups is 1. The van der Waals surface area contributed by atoms with Gasteiger partial charge in [-0.15, -0.1) is 11.8 Å². The zero-order chi connectivity index (χ0) is 20.6. The van der Waals surface area contributed by atoms with Crippen molar-refractivity contribution in [3.05, 3.63) is 94.0 Å². The van der Waals surface area contributed by atoms with Crippen LogP contribution in [-0.4, -0.2) is 23.6 Å². The second-order valence-corrected chi connectivity index (χ2v) is 7.21. The van der Waals surface area contributed by atoms with Crippen LogP contribution in [0.15, 0.2) is 77.7 Å². The van der Waals surface area contributed by atoms with Crippen molar-refractivity contribution in [1.82, 2.24) is 0 Å². The first-order valence-electron chi connectivity index (χ1n) is 9.08. The number of thioether (sulfide) groups is 1. The predicted octanol–water partition coefficient (Wildman–Crippen LogP) is 5.22. The lowest BCUT2D eigenvalue weighted by atomic mass is 10.1. The average molecular weight is 407 g/mol. The molecule has 0 saturated carbocycles. The molecule has 6 nitrogen and oxygen atoms in total. The lowest BCUT2D eigenvalue weighted by molar-refractivity contribution is -0.385. The molecule has 0 spiro atoms. The van der Waals surface area contributed by atoms with Gasteiger partial charge in [-0.1, -0.05) is 30.3 Å². The number of benzene rings is 3. The van der Waals surface area contributed by atoms with E-state index in [-0.39, 0.29) is 11.3 Å². The first kappa shape index (κ1) is 20.4. The minimum absolute atomic E-state index is 0.0481. The van der Waals surface area contributed by atoms with Gasteiger partial charge in [-0.05, 0) is 54.6 Å². The highest BCUT2D eigenvalue weighted by Gasteiger charge is 2.20. The zero-order valence-electron chi connectivity index (χ0n) is 15.9. The summed E-state index contributed by atoms with van der Waals surface area (Å²) in [5, 5.41) is 17.3. The number of carbonyl (C=O) groups excluding carboxylic acids is 1. The molecule has 3 aromatic rings. The van der Waals surface area contributed by atoms with Gasteiger partial charge < -0.3 is 10.6 Å². The summed E-state index contributed by atoms with van der Waals surface area (Å²) in [4.78, 5) is 24.1. The van der Waals surface area contributed by atoms with Crippen LogP contribution >= 0.6 is 11.8 Å². The molecule has 0 saturated heterocycles. The first-order chi connectivity index (χ1) is 14.1. The van der Waals surface area contributed by atoms with Gasteiger partial charge >= 0.3 is 0 Å². The van der Waals surface area contributed by atoms with Crippen molar-refractivity contribution in [3.63, 3.8) is 0 Å². The molecule has 1 amide bonds. The summed E-state index contributed by atoms with van der Waals surface area (Å²) in [7, 11) is 0. The molecule has 7 heteroatoms. The third-order valence-electron chi connectivity index (χ3n) is 4.37. The second kappa shape index (κ2) is 9.75. The van der Waals surface area contributed by atoms with E-state index in [0.29, 0.717) is 5.69 Å². The van der Waals surface area contributed by atoms with Crippen molar-refractivity contribution in [2.45, 2.75) is 11.3 Å². The van der Waals surface area contributed by atoms with E-state index in [1.54, 1.807) is 18.2 Å². The number of anilines is 2. The van der Waals surface area contributed by atoms with Crippen molar-refractivity contribution in [1.29, 1.82) is 0 Å². The highest BCUT2D eigenvalue weighted by atomic mass is 32.2. The Morgan fingerprint density at radius 2 is 1.69 bits per heavy atom. The number of nitrogens with zero attached hydrogens (tertiary/aromatic N) is 1. The van der Waals surface area contributed by atoms with Crippen LogP contribution < -0.4 is 10.6 Å². The molecule has 0 aromatic heterocycles. The number of amides is 1. The summed E-state index contributed by atoms with van der Waals surface area (Å²) in [6.07, 6.45) is 2.77. The lowest BCUT2D eigenvalue weighted by Gasteiger charge is -2.10. The topological polar surface area (TPSA) is 84.3 Å². The maximum absolute atomic E-state index is 12.6. The summed E-state index contributed by atoms with van der Waals surface area (Å²) >= 11 is 1.42. The van der Waals surface area contributed by atoms with E-state index in [2.05, 4.69) is 22.8 Å². The number of rotatable bonds is 8. The molecule has 0 aliphatic carbocycles. The molecule has 29 heavy (non-hydrogen) atoms. The SMILES string of the molecule is CSc1ccc([N+](=O)[O-])c(C(=O)Nc2ccc(NCCc3ccccc3)cc2)c1. The number of carbonyl (C=O) groups is 1. The van der Waals surface area contributed by atoms with Crippen molar-refractivity contribution < 1.29 is 9.72 Å². The molecule has 0 fully saturated rings. The fraction of sp³-hybridized carbons (Fsp3) is 0.136. The van der Waals surface area contributed by atoms with E-state index in [1.807, 2.05) is 36.6 Å². The van der Waals surface area contributed by atoms with E-state index >= 15 is 0 Å². The summed E-state index contributed by atoms with van der Waals surface area (Å²) in [5.41, 5.74) is 2.62. The van der Waals surface area contributed by atoms with Crippen molar-refractivity contribution in [3.8, 4) is 0 Å². The Labute approximate surface area is 173 Å². The van der Waals surface area contributed by atoms with E-state index in [0.717, 1.165) is 23.5 Å². The van der Waals surface area contributed by atoms with Crippen molar-refractivity contribution in [2.24, 2.45) is 0 Å². The molecule has 0 unspecified atom stereocenters. The van der Waals surface area contributed by atoms with Gasteiger partial charge in [0.15, 0.2) is 0 Å². The van der Waals surface area contributed by atoms with Crippen LogP contribution in [0.5, 0.6) is 0 Å². The van der Waals surface area contributed by atoms with Crippen molar-refractivity contribution >= 4 is 34.7 Å². The van der Waals surface area contributed by atoms with E-state index < -0.39 is 10.8 Å². The zero-order valence-corrected chi connectivity index (χ0v) is 16.7. The van der Waals surface area contributed by atoms with Gasteiger partial charge in [0.1, 0.15) is 5.56 Å². The monoisotopic (exact) mass is 407 g/mol. The van der Waals surface area contributed by atoms with Crippen LogP contribution in [-0.2, 0) is 6.42 Å². The molecule has 3 aromatic carbocycles. The summed E-state index contributed by atoms with van der Waals surface area (Å²) < 4.78 is 0. The van der Waals surface area contributed by atoms with Crippen LogP contribution in [0.25, 0.3) is 0 Å². The number of nitrogens with one attached hydrogen (secondary N) is 2. The largest absolute Gasteiger partial charge is 0.385 e. The molecule has 0 bridgehead atoms. The molecule has 0 aliphatic rings. The fourth-order valence-corrected chi connectivity index (χ4v) is 3.29. The van der Waals surface area contributed by atoms with Gasteiger partial charge in [0, 0.05) is 28.9 Å². The Morgan fingerprint density at radius 1 is 1.00 bits per heavy atom. The van der Waals surface area contributed by atoms with Gasteiger partial charge in [-0.25, -0.2) is 0 Å². The molecule has 0 atom stereocenters. The standard InChI is InChI=1S/C22H21N3O3S/c1-29-19-11-12-21(25(27)28)20(15-19)22(26)24-18-9-7-17(8-10-18)23-14-13-16-5-3-2-4-6-16/h2-12,15,23H,13-14H2,1H3,(H,24,26). The Morgan fingerprint density at radius 3 is 2.34 bits per heavy atom. The van der Waals surface area contributed by atoms with E-state index in [1.165, 1.54) is 29.5 Å². The Kier molecular flexibility index (Phi) is 6.86. The highest BCUT2D eigenvalue weighted by Crippen LogP contribution is 2.26. The smallest absolute Gasteiger partial charge is 0.282 e. The Bertz CT molecular complexity index is 992. The minimum atomic E-state index is -0.543.